The van der Waals surface area contributed by atoms with Crippen LogP contribution in [0, 0.1) is 12.3 Å². The van der Waals surface area contributed by atoms with Crippen molar-refractivity contribution in [3.63, 3.8) is 0 Å². The van der Waals surface area contributed by atoms with Gasteiger partial charge in [-0.2, -0.15) is 8.42 Å². The van der Waals surface area contributed by atoms with Gasteiger partial charge in [0.2, 0.25) is 0 Å². The van der Waals surface area contributed by atoms with Crippen LogP contribution in [0.3, 0.4) is 0 Å². The second kappa shape index (κ2) is 9.81. The minimum Gasteiger partial charge on any atom is -0.493 e. The number of likely N-dealkylation sites (N-methyl/N-ethyl adjacent to an activating group) is 1. The third-order valence-corrected chi connectivity index (χ3v) is 8.42. The van der Waals surface area contributed by atoms with Crippen LogP contribution in [-0.4, -0.2) is 49.6 Å². The summed E-state index contributed by atoms with van der Waals surface area (Å²) < 4.78 is 45.7. The van der Waals surface area contributed by atoms with Crippen LogP contribution in [0.25, 0.3) is 44.0 Å². The molecule has 0 spiro atoms. The number of likely N-dealkylation sites (tertiary alicyclic amines) is 1. The van der Waals surface area contributed by atoms with E-state index in [1.165, 1.54) is 18.2 Å². The highest BCUT2D eigenvalue weighted by Gasteiger charge is 2.30. The van der Waals surface area contributed by atoms with Gasteiger partial charge in [-0.15, -0.1) is 10.3 Å². The fourth-order valence-corrected chi connectivity index (χ4v) is 6.09. The second-order valence-electron chi connectivity index (χ2n) is 10.4. The Bertz CT molecular complexity index is 2010. The average Bonchev–Trinajstić information content (AvgIpc) is 3.30. The van der Waals surface area contributed by atoms with E-state index in [-0.39, 0.29) is 11.5 Å². The van der Waals surface area contributed by atoms with Crippen molar-refractivity contribution < 1.29 is 17.0 Å². The number of hydrogen-bond acceptors (Lipinski definition) is 5. The molecular weight excluding hydrogens is 529 g/mol. The van der Waals surface area contributed by atoms with Gasteiger partial charge in [0.25, 0.3) is 0 Å². The van der Waals surface area contributed by atoms with Gasteiger partial charge in [0.15, 0.2) is 5.43 Å². The van der Waals surface area contributed by atoms with Crippen LogP contribution in [0.5, 0.6) is 5.75 Å². The van der Waals surface area contributed by atoms with Crippen molar-refractivity contribution in [2.45, 2.75) is 30.7 Å². The summed E-state index contributed by atoms with van der Waals surface area (Å²) in [5.74, 6) is 3.09. The number of ether oxygens (including phenoxy) is 1. The number of hydrogen-bond donors (Lipinski definition) is 1. The maximum absolute atomic E-state index is 14.1. The molecule has 0 saturated carbocycles. The number of halogens is 1. The molecule has 40 heavy (non-hydrogen) atoms. The first kappa shape index (κ1) is 26.1. The quantitative estimate of drug-likeness (QED) is 0.160. The first-order valence-corrected chi connectivity index (χ1v) is 14.6. The molecule has 0 unspecified atom stereocenters. The number of benzene rings is 3. The van der Waals surface area contributed by atoms with E-state index in [1.807, 2.05) is 38.2 Å². The number of nitrogens with one attached hydrogen (secondary N) is 1. The van der Waals surface area contributed by atoms with Gasteiger partial charge < -0.3 is 19.2 Å². The van der Waals surface area contributed by atoms with Crippen molar-refractivity contribution in [2.24, 2.45) is 0 Å². The molecule has 9 heteroatoms. The van der Waals surface area contributed by atoms with Crippen LogP contribution in [0.4, 0.5) is 3.89 Å². The summed E-state index contributed by atoms with van der Waals surface area (Å²) in [7, 11) is -2.87. The van der Waals surface area contributed by atoms with E-state index < -0.39 is 15.1 Å². The molecule has 1 aliphatic heterocycles. The van der Waals surface area contributed by atoms with Crippen molar-refractivity contribution >= 4 is 43.1 Å². The molecule has 6 rings (SSSR count). The van der Waals surface area contributed by atoms with E-state index in [0.717, 1.165) is 36.8 Å². The summed E-state index contributed by atoms with van der Waals surface area (Å²) >= 11 is 0. The zero-order valence-electron chi connectivity index (χ0n) is 22.2. The first-order chi connectivity index (χ1) is 19.2. The number of aromatic nitrogens is 2. The summed E-state index contributed by atoms with van der Waals surface area (Å²) in [6.45, 7) is 4.05. The maximum Gasteiger partial charge on any atom is 0.332 e. The van der Waals surface area contributed by atoms with Gasteiger partial charge >= 0.3 is 10.2 Å². The van der Waals surface area contributed by atoms with Crippen molar-refractivity contribution in [3.8, 4) is 29.2 Å². The van der Waals surface area contributed by atoms with Crippen LogP contribution in [0.1, 0.15) is 31.4 Å². The van der Waals surface area contributed by atoms with Gasteiger partial charge in [0, 0.05) is 35.1 Å². The van der Waals surface area contributed by atoms with Crippen molar-refractivity contribution in [1.29, 1.82) is 0 Å². The third-order valence-electron chi connectivity index (χ3n) is 7.61. The zero-order chi connectivity index (χ0) is 28.2. The second-order valence-corrected chi connectivity index (χ2v) is 11.7. The van der Waals surface area contributed by atoms with Crippen molar-refractivity contribution in [1.82, 2.24) is 14.5 Å². The largest absolute Gasteiger partial charge is 0.493 e. The van der Waals surface area contributed by atoms with Crippen LogP contribution in [0.15, 0.2) is 64.3 Å². The van der Waals surface area contributed by atoms with Gasteiger partial charge in [-0.25, -0.2) is 0 Å². The number of terminal acetylenes is 1. The lowest BCUT2D eigenvalue weighted by atomic mass is 9.99. The van der Waals surface area contributed by atoms with Crippen molar-refractivity contribution in [3.05, 3.63) is 70.4 Å². The topological polar surface area (TPSA) is 84.4 Å². The first-order valence-electron chi connectivity index (χ1n) is 13.2. The Kier molecular flexibility index (Phi) is 6.40. The smallest absolute Gasteiger partial charge is 0.332 e. The van der Waals surface area contributed by atoms with Crippen LogP contribution < -0.4 is 10.2 Å². The Labute approximate surface area is 231 Å². The molecule has 0 radical (unpaired) electrons. The molecule has 1 saturated heterocycles. The lowest BCUT2D eigenvalue weighted by Gasteiger charge is -2.39. The number of pyridine rings is 1. The Balaban J connectivity index is 1.70. The molecular formula is C31H28FN3O4S. The number of unbranched alkanes of at least 4 members (excludes halogenated alkanes) is 1. The summed E-state index contributed by atoms with van der Waals surface area (Å²) in [6, 6.07) is 15.0. The fourth-order valence-electron chi connectivity index (χ4n) is 5.58. The molecule has 204 valence electrons. The van der Waals surface area contributed by atoms with Crippen LogP contribution in [-0.2, 0) is 10.2 Å². The number of fused-ring (bicyclic) bond motifs is 4. The highest BCUT2D eigenvalue weighted by atomic mass is 32.3. The summed E-state index contributed by atoms with van der Waals surface area (Å²) in [6.07, 6.45) is 7.35. The Morgan fingerprint density at radius 1 is 1.12 bits per heavy atom. The predicted octanol–water partition coefficient (Wildman–Crippen LogP) is 5.61. The highest BCUT2D eigenvalue weighted by Crippen LogP contribution is 2.39. The fraction of sp³-hybridized carbons (Fsp3) is 0.258. The molecule has 3 aromatic carbocycles. The molecule has 0 aliphatic carbocycles. The Morgan fingerprint density at radius 3 is 2.62 bits per heavy atom. The molecule has 3 heterocycles. The van der Waals surface area contributed by atoms with E-state index in [0.29, 0.717) is 51.0 Å². The van der Waals surface area contributed by atoms with E-state index >= 15 is 0 Å². The monoisotopic (exact) mass is 557 g/mol. The third kappa shape index (κ3) is 4.34. The minimum absolute atomic E-state index is 0.0908. The standard InChI is InChI=1S/C31H28FN3O4S/c1-4-6-12-39-28-16-25-27(15-24(28)20-8-7-9-22(14-20)40(32,37)38)35(21-17-34(3)18-21)31-29(30(25)36)23-11-10-19(5-2)13-26(23)33-31/h2,7-11,13-16,21,33H,4,6,12,17-18H2,1,3H3. The highest BCUT2D eigenvalue weighted by molar-refractivity contribution is 7.86. The van der Waals surface area contributed by atoms with Gasteiger partial charge in [-0.05, 0) is 55.4 Å². The summed E-state index contributed by atoms with van der Waals surface area (Å²) in [5.41, 5.74) is 3.80. The van der Waals surface area contributed by atoms with Crippen LogP contribution >= 0.6 is 0 Å². The molecule has 7 nitrogen and oxygen atoms in total. The molecule has 1 aliphatic rings. The summed E-state index contributed by atoms with van der Waals surface area (Å²) in [5, 5.41) is 1.87. The Hall–Kier alpha value is -4.13. The van der Waals surface area contributed by atoms with E-state index in [9.17, 15) is 17.1 Å². The van der Waals surface area contributed by atoms with E-state index in [2.05, 4.69) is 20.4 Å². The van der Waals surface area contributed by atoms with E-state index in [1.54, 1.807) is 12.1 Å². The molecule has 0 amide bonds. The number of rotatable bonds is 7. The predicted molar refractivity (Wildman–Crippen MR) is 156 cm³/mol. The number of H-pyrrole nitrogens is 1. The number of aromatic amines is 1. The minimum atomic E-state index is -4.91. The Morgan fingerprint density at radius 2 is 1.93 bits per heavy atom. The van der Waals surface area contributed by atoms with E-state index in [4.69, 9.17) is 11.2 Å². The van der Waals surface area contributed by atoms with Crippen LogP contribution in [0.2, 0.25) is 0 Å². The molecule has 0 bridgehead atoms. The van der Waals surface area contributed by atoms with Gasteiger partial charge in [0.1, 0.15) is 11.4 Å². The molecule has 1 fully saturated rings. The van der Waals surface area contributed by atoms with Gasteiger partial charge in [0.05, 0.1) is 33.8 Å². The zero-order valence-corrected chi connectivity index (χ0v) is 23.0. The average molecular weight is 558 g/mol. The lowest BCUT2D eigenvalue weighted by molar-refractivity contribution is 0.146. The molecule has 2 aromatic heterocycles. The molecule has 5 aromatic rings. The molecule has 0 atom stereocenters. The number of nitrogens with zero attached hydrogens (tertiary/aromatic N) is 2. The lowest BCUT2D eigenvalue weighted by Crippen LogP contribution is -2.45. The van der Waals surface area contributed by atoms with Gasteiger partial charge in [-0.1, -0.05) is 37.5 Å². The summed E-state index contributed by atoms with van der Waals surface area (Å²) in [4.78, 5) is 19.3. The SMILES string of the molecule is C#Cc1ccc2c(c1)[nH]c1c2c(=O)c2cc(OCCCC)c(-c3cccc(S(=O)(=O)F)c3)cc2n1C1CN(C)C1. The maximum atomic E-state index is 14.1. The molecule has 1 N–H and O–H groups in total. The van der Waals surface area contributed by atoms with Gasteiger partial charge in [-0.3, -0.25) is 4.79 Å². The normalized spacial score (nSPS) is 14.6. The van der Waals surface area contributed by atoms with Crippen molar-refractivity contribution in [2.75, 3.05) is 26.7 Å².